The highest BCUT2D eigenvalue weighted by Gasteiger charge is 2.18. The molecule has 0 atom stereocenters. The highest BCUT2D eigenvalue weighted by atomic mass is 32.1. The molecule has 0 radical (unpaired) electrons. The maximum Gasteiger partial charge on any atom is 0.311 e. The number of nitrogens with one attached hydrogen (secondary N) is 1. The number of hydrogen-bond donors (Lipinski definition) is 1. The van der Waals surface area contributed by atoms with Crippen LogP contribution in [0.2, 0.25) is 0 Å². The Morgan fingerprint density at radius 3 is 2.82 bits per heavy atom. The molecule has 1 aromatic heterocycles. The molecule has 2 rings (SSSR count). The summed E-state index contributed by atoms with van der Waals surface area (Å²) in [6.07, 6.45) is 2.89. The third-order valence-corrected chi connectivity index (χ3v) is 3.98. The van der Waals surface area contributed by atoms with Crippen LogP contribution in [0.3, 0.4) is 0 Å². The first-order chi connectivity index (χ1) is 10.7. The third kappa shape index (κ3) is 3.76. The zero-order valence-corrected chi connectivity index (χ0v) is 13.8. The third-order valence-electron chi connectivity index (χ3n) is 2.93. The predicted molar refractivity (Wildman–Crippen MR) is 88.8 cm³/mol. The normalized spacial score (nSPS) is 10.3. The average Bonchev–Trinajstić information content (AvgIpc) is 2.98. The molecule has 0 amide bonds. The van der Waals surface area contributed by atoms with Gasteiger partial charge in [-0.2, -0.15) is 0 Å². The lowest BCUT2D eigenvalue weighted by Gasteiger charge is -2.13. The second-order valence-electron chi connectivity index (χ2n) is 4.57. The number of hydrogen-bond acceptors (Lipinski definition) is 6. The fourth-order valence-electron chi connectivity index (χ4n) is 1.97. The fraction of sp³-hybridized carbons (Fsp3) is 0.375. The Morgan fingerprint density at radius 2 is 2.18 bits per heavy atom. The Morgan fingerprint density at radius 1 is 1.36 bits per heavy atom. The van der Waals surface area contributed by atoms with Gasteiger partial charge in [-0.05, 0) is 25.5 Å². The summed E-state index contributed by atoms with van der Waals surface area (Å²) < 4.78 is 11.2. The van der Waals surface area contributed by atoms with E-state index in [9.17, 15) is 4.79 Å². The number of nitrogens with zero attached hydrogens (tertiary/aromatic N) is 1. The summed E-state index contributed by atoms with van der Waals surface area (Å²) in [6, 6.07) is 5.60. The molecule has 1 N–H and O–H groups in total. The summed E-state index contributed by atoms with van der Waals surface area (Å²) in [5.74, 6) is 0.784. The summed E-state index contributed by atoms with van der Waals surface area (Å²) in [7, 11) is 1.82. The lowest BCUT2D eigenvalue weighted by Crippen LogP contribution is -2.09. The number of thiazole rings is 1. The Bertz CT molecular complexity index is 640. The van der Waals surface area contributed by atoms with Crippen LogP contribution in [0.15, 0.2) is 24.4 Å². The van der Waals surface area contributed by atoms with Gasteiger partial charge in [-0.25, -0.2) is 4.98 Å². The van der Waals surface area contributed by atoms with Gasteiger partial charge in [0.1, 0.15) is 0 Å². The SMILES string of the molecule is CCCC(=O)Oc1c(OCC)cccc1-c1cnc(NC)s1. The van der Waals surface area contributed by atoms with Crippen LogP contribution in [-0.2, 0) is 4.79 Å². The predicted octanol–water partition coefficient (Wildman–Crippen LogP) is 3.96. The van der Waals surface area contributed by atoms with Crippen molar-refractivity contribution in [2.24, 2.45) is 0 Å². The molecule has 0 saturated carbocycles. The van der Waals surface area contributed by atoms with Gasteiger partial charge in [0.25, 0.3) is 0 Å². The van der Waals surface area contributed by atoms with E-state index in [2.05, 4.69) is 10.3 Å². The van der Waals surface area contributed by atoms with Crippen molar-refractivity contribution in [3.05, 3.63) is 24.4 Å². The van der Waals surface area contributed by atoms with Gasteiger partial charge in [0.15, 0.2) is 16.6 Å². The molecule has 1 heterocycles. The number of esters is 1. The molecule has 0 saturated heterocycles. The van der Waals surface area contributed by atoms with Gasteiger partial charge in [-0.15, -0.1) is 0 Å². The standard InChI is InChI=1S/C16H20N2O3S/c1-4-7-14(19)21-15-11(8-6-9-12(15)20-5-2)13-10-18-16(17-3)22-13/h6,8-10H,4-5,7H2,1-3H3,(H,17,18). The van der Waals surface area contributed by atoms with Crippen LogP contribution in [0.25, 0.3) is 10.4 Å². The van der Waals surface area contributed by atoms with E-state index in [1.165, 1.54) is 11.3 Å². The number of rotatable bonds is 7. The Labute approximate surface area is 134 Å². The van der Waals surface area contributed by atoms with Crippen molar-refractivity contribution in [3.8, 4) is 21.9 Å². The molecule has 5 nitrogen and oxygen atoms in total. The van der Waals surface area contributed by atoms with Crippen molar-refractivity contribution in [2.75, 3.05) is 19.0 Å². The van der Waals surface area contributed by atoms with Gasteiger partial charge in [0, 0.05) is 25.2 Å². The first kappa shape index (κ1) is 16.3. The summed E-state index contributed by atoms with van der Waals surface area (Å²) in [6.45, 7) is 4.35. The zero-order chi connectivity index (χ0) is 15.9. The number of para-hydroxylation sites is 1. The molecule has 0 unspecified atom stereocenters. The van der Waals surface area contributed by atoms with Gasteiger partial charge in [-0.1, -0.05) is 24.3 Å². The van der Waals surface area contributed by atoms with E-state index in [1.807, 2.05) is 39.1 Å². The molecule has 22 heavy (non-hydrogen) atoms. The average molecular weight is 320 g/mol. The van der Waals surface area contributed by atoms with Crippen LogP contribution < -0.4 is 14.8 Å². The van der Waals surface area contributed by atoms with Crippen molar-refractivity contribution in [2.45, 2.75) is 26.7 Å². The highest BCUT2D eigenvalue weighted by Crippen LogP contribution is 2.41. The first-order valence-corrected chi connectivity index (χ1v) is 8.11. The number of carbonyl (C=O) groups excluding carboxylic acids is 1. The van der Waals surface area contributed by atoms with E-state index in [0.29, 0.717) is 24.5 Å². The lowest BCUT2D eigenvalue weighted by atomic mass is 10.1. The van der Waals surface area contributed by atoms with Gasteiger partial charge in [-0.3, -0.25) is 4.79 Å². The lowest BCUT2D eigenvalue weighted by molar-refractivity contribution is -0.134. The van der Waals surface area contributed by atoms with Crippen LogP contribution in [0.4, 0.5) is 5.13 Å². The van der Waals surface area contributed by atoms with Crippen molar-refractivity contribution in [3.63, 3.8) is 0 Å². The molecule has 0 aliphatic carbocycles. The van der Waals surface area contributed by atoms with Gasteiger partial charge in [0.2, 0.25) is 0 Å². The van der Waals surface area contributed by atoms with E-state index in [1.54, 1.807) is 6.20 Å². The van der Waals surface area contributed by atoms with Crippen LogP contribution in [0, 0.1) is 0 Å². The molecule has 0 fully saturated rings. The molecule has 1 aromatic carbocycles. The van der Waals surface area contributed by atoms with Crippen molar-refractivity contribution < 1.29 is 14.3 Å². The molecule has 0 spiro atoms. The summed E-state index contributed by atoms with van der Waals surface area (Å²) in [4.78, 5) is 17.1. The second kappa shape index (κ2) is 7.79. The van der Waals surface area contributed by atoms with Crippen molar-refractivity contribution >= 4 is 22.4 Å². The molecule has 0 aliphatic heterocycles. The van der Waals surface area contributed by atoms with E-state index >= 15 is 0 Å². The minimum absolute atomic E-state index is 0.255. The molecular formula is C16H20N2O3S. The van der Waals surface area contributed by atoms with Gasteiger partial charge >= 0.3 is 5.97 Å². The summed E-state index contributed by atoms with van der Waals surface area (Å²) >= 11 is 1.50. The Hall–Kier alpha value is -2.08. The zero-order valence-electron chi connectivity index (χ0n) is 13.0. The smallest absolute Gasteiger partial charge is 0.311 e. The molecule has 6 heteroatoms. The van der Waals surface area contributed by atoms with Gasteiger partial charge in [0.05, 0.1) is 11.5 Å². The van der Waals surface area contributed by atoms with Crippen LogP contribution in [0.1, 0.15) is 26.7 Å². The monoisotopic (exact) mass is 320 g/mol. The topological polar surface area (TPSA) is 60.5 Å². The molecule has 0 bridgehead atoms. The number of benzene rings is 1. The van der Waals surface area contributed by atoms with Crippen LogP contribution in [0.5, 0.6) is 11.5 Å². The summed E-state index contributed by atoms with van der Waals surface area (Å²) in [5, 5.41) is 3.81. The van der Waals surface area contributed by atoms with E-state index in [0.717, 1.165) is 22.0 Å². The molecule has 118 valence electrons. The second-order valence-corrected chi connectivity index (χ2v) is 5.60. The number of carbonyl (C=O) groups is 1. The largest absolute Gasteiger partial charge is 0.490 e. The number of aromatic nitrogens is 1. The number of ether oxygens (including phenoxy) is 2. The number of anilines is 1. The quantitative estimate of drug-likeness (QED) is 0.618. The van der Waals surface area contributed by atoms with Crippen LogP contribution >= 0.6 is 11.3 Å². The minimum Gasteiger partial charge on any atom is -0.490 e. The maximum atomic E-state index is 11.9. The molecular weight excluding hydrogens is 300 g/mol. The minimum atomic E-state index is -0.255. The maximum absolute atomic E-state index is 11.9. The van der Waals surface area contributed by atoms with E-state index in [-0.39, 0.29) is 5.97 Å². The van der Waals surface area contributed by atoms with Crippen molar-refractivity contribution in [1.29, 1.82) is 0 Å². The summed E-state index contributed by atoms with van der Waals surface area (Å²) in [5.41, 5.74) is 0.814. The fourth-order valence-corrected chi connectivity index (χ4v) is 2.76. The molecule has 0 aliphatic rings. The Balaban J connectivity index is 2.42. The highest BCUT2D eigenvalue weighted by molar-refractivity contribution is 7.18. The first-order valence-electron chi connectivity index (χ1n) is 7.30. The Kier molecular flexibility index (Phi) is 5.77. The van der Waals surface area contributed by atoms with E-state index in [4.69, 9.17) is 9.47 Å². The van der Waals surface area contributed by atoms with Gasteiger partial charge < -0.3 is 14.8 Å². The van der Waals surface area contributed by atoms with Crippen LogP contribution in [-0.4, -0.2) is 24.6 Å². The van der Waals surface area contributed by atoms with E-state index < -0.39 is 0 Å². The van der Waals surface area contributed by atoms with Crippen molar-refractivity contribution in [1.82, 2.24) is 4.98 Å². The molecule has 2 aromatic rings.